The average molecular weight is 251 g/mol. The maximum atomic E-state index is 5.84. The lowest BCUT2D eigenvalue weighted by molar-refractivity contribution is -0.122. The third kappa shape index (κ3) is 3.71. The second kappa shape index (κ2) is 6.42. The molecule has 6 heteroatoms. The normalized spacial score (nSPS) is 13.4. The van der Waals surface area contributed by atoms with E-state index in [1.54, 1.807) is 14.2 Å². The SMILES string of the molecule is COC(OC)C(Cc1ccc(Cl)s1)NN. The lowest BCUT2D eigenvalue weighted by atomic mass is 10.2. The van der Waals surface area contributed by atoms with E-state index < -0.39 is 0 Å². The first kappa shape index (κ1) is 12.9. The monoisotopic (exact) mass is 250 g/mol. The molecule has 0 saturated heterocycles. The summed E-state index contributed by atoms with van der Waals surface area (Å²) in [5.41, 5.74) is 2.68. The molecule has 1 aromatic rings. The van der Waals surface area contributed by atoms with Gasteiger partial charge in [0, 0.05) is 25.5 Å². The lowest BCUT2D eigenvalue weighted by Crippen LogP contribution is -2.47. The number of nitrogens with two attached hydrogens (primary N) is 1. The van der Waals surface area contributed by atoms with Crippen molar-refractivity contribution in [3.63, 3.8) is 0 Å². The Hall–Kier alpha value is -0.170. The summed E-state index contributed by atoms with van der Waals surface area (Å²) in [6, 6.07) is 3.75. The number of rotatable bonds is 6. The summed E-state index contributed by atoms with van der Waals surface area (Å²) in [5.74, 6) is 5.44. The minimum atomic E-state index is -0.365. The zero-order chi connectivity index (χ0) is 11.3. The number of methoxy groups -OCH3 is 2. The van der Waals surface area contributed by atoms with Crippen molar-refractivity contribution in [2.45, 2.75) is 18.8 Å². The molecule has 0 aromatic carbocycles. The largest absolute Gasteiger partial charge is 0.354 e. The molecule has 1 unspecified atom stereocenters. The van der Waals surface area contributed by atoms with Crippen molar-refractivity contribution in [1.29, 1.82) is 0 Å². The van der Waals surface area contributed by atoms with Gasteiger partial charge in [-0.1, -0.05) is 11.6 Å². The third-order valence-electron chi connectivity index (χ3n) is 2.06. The molecule has 4 nitrogen and oxygen atoms in total. The van der Waals surface area contributed by atoms with Crippen molar-refractivity contribution >= 4 is 22.9 Å². The predicted octanol–water partition coefficient (Wildman–Crippen LogP) is 1.39. The fourth-order valence-electron chi connectivity index (χ4n) is 1.34. The van der Waals surface area contributed by atoms with Gasteiger partial charge in [-0.15, -0.1) is 11.3 Å². The smallest absolute Gasteiger partial charge is 0.173 e. The first-order valence-corrected chi connectivity index (χ1v) is 5.66. The van der Waals surface area contributed by atoms with Gasteiger partial charge in [-0.2, -0.15) is 0 Å². The topological polar surface area (TPSA) is 56.5 Å². The van der Waals surface area contributed by atoms with Crippen LogP contribution in [0.2, 0.25) is 4.34 Å². The molecule has 0 amide bonds. The molecule has 0 aliphatic carbocycles. The van der Waals surface area contributed by atoms with Crippen LogP contribution < -0.4 is 11.3 Å². The molecule has 1 heterocycles. The Morgan fingerprint density at radius 3 is 2.53 bits per heavy atom. The number of thiophene rings is 1. The maximum Gasteiger partial charge on any atom is 0.173 e. The molecular weight excluding hydrogens is 236 g/mol. The van der Waals surface area contributed by atoms with E-state index in [2.05, 4.69) is 5.43 Å². The van der Waals surface area contributed by atoms with Crippen LogP contribution in [0.3, 0.4) is 0 Å². The van der Waals surface area contributed by atoms with E-state index in [-0.39, 0.29) is 12.3 Å². The van der Waals surface area contributed by atoms with Gasteiger partial charge in [-0.3, -0.25) is 11.3 Å². The average Bonchev–Trinajstić information content (AvgIpc) is 2.64. The van der Waals surface area contributed by atoms with Gasteiger partial charge >= 0.3 is 0 Å². The molecule has 0 fully saturated rings. The van der Waals surface area contributed by atoms with Crippen molar-refractivity contribution in [2.24, 2.45) is 5.84 Å². The minimum absolute atomic E-state index is 0.0882. The summed E-state index contributed by atoms with van der Waals surface area (Å²) in [6.07, 6.45) is 0.358. The predicted molar refractivity (Wildman–Crippen MR) is 62.0 cm³/mol. The van der Waals surface area contributed by atoms with Crippen LogP contribution in [0.1, 0.15) is 4.88 Å². The van der Waals surface area contributed by atoms with Gasteiger partial charge in [0.1, 0.15) is 0 Å². The molecular formula is C9H15ClN2O2S. The summed E-state index contributed by atoms with van der Waals surface area (Å²) >= 11 is 7.37. The van der Waals surface area contributed by atoms with Crippen LogP contribution in [0.15, 0.2) is 12.1 Å². The highest BCUT2D eigenvalue weighted by Gasteiger charge is 2.20. The van der Waals surface area contributed by atoms with Crippen molar-refractivity contribution in [3.05, 3.63) is 21.3 Å². The van der Waals surface area contributed by atoms with Crippen LogP contribution in [0.5, 0.6) is 0 Å². The van der Waals surface area contributed by atoms with Crippen molar-refractivity contribution < 1.29 is 9.47 Å². The van der Waals surface area contributed by atoms with Gasteiger partial charge in [-0.05, 0) is 12.1 Å². The second-order valence-electron chi connectivity index (χ2n) is 3.02. The van der Waals surface area contributed by atoms with Gasteiger partial charge in [0.05, 0.1) is 10.4 Å². The molecule has 1 rings (SSSR count). The number of hydrogen-bond acceptors (Lipinski definition) is 5. The second-order valence-corrected chi connectivity index (χ2v) is 4.82. The van der Waals surface area contributed by atoms with E-state index in [9.17, 15) is 0 Å². The van der Waals surface area contributed by atoms with Crippen LogP contribution >= 0.6 is 22.9 Å². The Balaban J connectivity index is 2.60. The van der Waals surface area contributed by atoms with E-state index in [0.29, 0.717) is 0 Å². The first-order chi connectivity index (χ1) is 7.21. The molecule has 0 spiro atoms. The molecule has 0 aliphatic heterocycles. The van der Waals surface area contributed by atoms with Crippen LogP contribution in [-0.2, 0) is 15.9 Å². The summed E-state index contributed by atoms with van der Waals surface area (Å²) in [6.45, 7) is 0. The van der Waals surface area contributed by atoms with E-state index in [4.69, 9.17) is 26.9 Å². The van der Waals surface area contributed by atoms with Gasteiger partial charge in [-0.25, -0.2) is 0 Å². The fraction of sp³-hybridized carbons (Fsp3) is 0.556. The highest BCUT2D eigenvalue weighted by Crippen LogP contribution is 2.23. The summed E-state index contributed by atoms with van der Waals surface area (Å²) < 4.78 is 11.0. The molecule has 86 valence electrons. The summed E-state index contributed by atoms with van der Waals surface area (Å²) in [4.78, 5) is 1.14. The maximum absolute atomic E-state index is 5.84. The van der Waals surface area contributed by atoms with Crippen LogP contribution in [0, 0.1) is 0 Å². The molecule has 3 N–H and O–H groups in total. The molecule has 1 aromatic heterocycles. The van der Waals surface area contributed by atoms with Crippen LogP contribution in [-0.4, -0.2) is 26.6 Å². The van der Waals surface area contributed by atoms with Crippen molar-refractivity contribution in [2.75, 3.05) is 14.2 Å². The Labute approximate surface area is 98.3 Å². The highest BCUT2D eigenvalue weighted by molar-refractivity contribution is 7.16. The first-order valence-electron chi connectivity index (χ1n) is 4.47. The van der Waals surface area contributed by atoms with E-state index >= 15 is 0 Å². The van der Waals surface area contributed by atoms with Gasteiger partial charge in [0.2, 0.25) is 0 Å². The minimum Gasteiger partial charge on any atom is -0.354 e. The Morgan fingerprint density at radius 1 is 1.47 bits per heavy atom. The van der Waals surface area contributed by atoms with Gasteiger partial charge < -0.3 is 9.47 Å². The number of hydrazine groups is 1. The van der Waals surface area contributed by atoms with E-state index in [0.717, 1.165) is 15.6 Å². The quantitative estimate of drug-likeness (QED) is 0.455. The van der Waals surface area contributed by atoms with Crippen LogP contribution in [0.25, 0.3) is 0 Å². The molecule has 0 aliphatic rings. The Bertz CT molecular complexity index is 291. The molecule has 0 bridgehead atoms. The molecule has 0 radical (unpaired) electrons. The Kier molecular flexibility index (Phi) is 5.52. The standard InChI is InChI=1S/C9H15ClN2O2S/c1-13-9(14-2)7(12-11)5-6-3-4-8(10)15-6/h3-4,7,9,12H,5,11H2,1-2H3. The molecule has 15 heavy (non-hydrogen) atoms. The number of nitrogens with one attached hydrogen (secondary N) is 1. The summed E-state index contributed by atoms with van der Waals surface area (Å²) in [5, 5.41) is 0. The van der Waals surface area contributed by atoms with E-state index in [1.807, 2.05) is 12.1 Å². The van der Waals surface area contributed by atoms with E-state index in [1.165, 1.54) is 11.3 Å². The Morgan fingerprint density at radius 2 is 2.13 bits per heavy atom. The van der Waals surface area contributed by atoms with Gasteiger partial charge in [0.15, 0.2) is 6.29 Å². The fourth-order valence-corrected chi connectivity index (χ4v) is 2.48. The number of halogens is 1. The van der Waals surface area contributed by atoms with Crippen molar-refractivity contribution in [3.8, 4) is 0 Å². The van der Waals surface area contributed by atoms with Gasteiger partial charge in [0.25, 0.3) is 0 Å². The number of hydrogen-bond donors (Lipinski definition) is 2. The van der Waals surface area contributed by atoms with Crippen LogP contribution in [0.4, 0.5) is 0 Å². The third-order valence-corrected chi connectivity index (χ3v) is 3.31. The molecule has 1 atom stereocenters. The highest BCUT2D eigenvalue weighted by atomic mass is 35.5. The zero-order valence-corrected chi connectivity index (χ0v) is 10.3. The zero-order valence-electron chi connectivity index (χ0n) is 8.70. The molecule has 0 saturated carbocycles. The van der Waals surface area contributed by atoms with Crippen molar-refractivity contribution in [1.82, 2.24) is 5.43 Å². The summed E-state index contributed by atoms with van der Waals surface area (Å²) in [7, 11) is 3.17. The number of ether oxygens (including phenoxy) is 2. The lowest BCUT2D eigenvalue weighted by Gasteiger charge is -2.23.